The average molecular weight is 392 g/mol. The van der Waals surface area contributed by atoms with Crippen LogP contribution in [0.3, 0.4) is 0 Å². The number of H-pyrrole nitrogens is 1. The summed E-state index contributed by atoms with van der Waals surface area (Å²) in [6.07, 6.45) is 2.70. The minimum absolute atomic E-state index is 0.0362. The highest BCUT2D eigenvalue weighted by atomic mass is 16.6. The number of carbonyl (C=O) groups excluding carboxylic acids is 2. The molecule has 8 heteroatoms. The number of benzene rings is 2. The van der Waals surface area contributed by atoms with E-state index in [4.69, 9.17) is 0 Å². The molecule has 148 valence electrons. The fourth-order valence-corrected chi connectivity index (χ4v) is 3.69. The molecule has 4 rings (SSSR count). The zero-order valence-electron chi connectivity index (χ0n) is 15.8. The second-order valence-electron chi connectivity index (χ2n) is 7.17. The summed E-state index contributed by atoms with van der Waals surface area (Å²) in [4.78, 5) is 39.8. The lowest BCUT2D eigenvalue weighted by molar-refractivity contribution is -0.384. The molecule has 29 heavy (non-hydrogen) atoms. The van der Waals surface area contributed by atoms with E-state index in [1.807, 2.05) is 25.3 Å². The Morgan fingerprint density at radius 3 is 2.86 bits per heavy atom. The van der Waals surface area contributed by atoms with Crippen LogP contribution in [0.5, 0.6) is 0 Å². The molecule has 0 radical (unpaired) electrons. The van der Waals surface area contributed by atoms with Gasteiger partial charge in [-0.05, 0) is 37.1 Å². The Kier molecular flexibility index (Phi) is 4.85. The lowest BCUT2D eigenvalue weighted by Crippen LogP contribution is -2.39. The summed E-state index contributed by atoms with van der Waals surface area (Å²) in [5.74, 6) is -0.749. The second-order valence-corrected chi connectivity index (χ2v) is 7.17. The lowest BCUT2D eigenvalue weighted by atomic mass is 10.1. The van der Waals surface area contributed by atoms with E-state index in [9.17, 15) is 19.7 Å². The molecule has 0 unspecified atom stereocenters. The van der Waals surface area contributed by atoms with Gasteiger partial charge in [-0.2, -0.15) is 0 Å². The van der Waals surface area contributed by atoms with Crippen LogP contribution < -0.4 is 10.2 Å². The molecule has 2 heterocycles. The molecular weight excluding hydrogens is 372 g/mol. The number of nitrogens with one attached hydrogen (secondary N) is 2. The van der Waals surface area contributed by atoms with Crippen LogP contribution in [0.25, 0.3) is 10.9 Å². The first-order valence-corrected chi connectivity index (χ1v) is 9.35. The van der Waals surface area contributed by atoms with Crippen molar-refractivity contribution in [3.63, 3.8) is 0 Å². The molecule has 1 aliphatic heterocycles. The molecule has 1 aromatic heterocycles. The fraction of sp³-hybridized carbons (Fsp3) is 0.238. The van der Waals surface area contributed by atoms with Crippen LogP contribution in [0.2, 0.25) is 0 Å². The summed E-state index contributed by atoms with van der Waals surface area (Å²) >= 11 is 0. The number of aromatic nitrogens is 1. The number of fused-ring (bicyclic) bond motifs is 1. The number of anilines is 1. The number of carbonyl (C=O) groups is 2. The van der Waals surface area contributed by atoms with Gasteiger partial charge in [-0.25, -0.2) is 4.90 Å². The molecule has 0 aliphatic carbocycles. The van der Waals surface area contributed by atoms with Crippen LogP contribution in [0.4, 0.5) is 11.4 Å². The maximum absolute atomic E-state index is 12.7. The van der Waals surface area contributed by atoms with Gasteiger partial charge in [0.1, 0.15) is 0 Å². The molecule has 3 aromatic rings. The largest absolute Gasteiger partial charge is 0.361 e. The van der Waals surface area contributed by atoms with Crippen LogP contribution in [-0.2, 0) is 16.0 Å². The number of aryl methyl sites for hydroxylation is 1. The highest BCUT2D eigenvalue weighted by Crippen LogP contribution is 2.26. The van der Waals surface area contributed by atoms with E-state index >= 15 is 0 Å². The van der Waals surface area contributed by atoms with E-state index < -0.39 is 11.0 Å². The number of aromatic amines is 1. The van der Waals surface area contributed by atoms with E-state index in [1.165, 1.54) is 29.8 Å². The zero-order valence-corrected chi connectivity index (χ0v) is 15.8. The quantitative estimate of drug-likeness (QED) is 0.381. The molecule has 1 aliphatic rings. The molecule has 0 saturated carbocycles. The third-order valence-electron chi connectivity index (χ3n) is 5.15. The number of hydrogen-bond acceptors (Lipinski definition) is 5. The number of nitro groups is 1. The molecule has 1 fully saturated rings. The molecule has 2 aromatic carbocycles. The van der Waals surface area contributed by atoms with E-state index in [1.54, 1.807) is 0 Å². The summed E-state index contributed by atoms with van der Waals surface area (Å²) in [7, 11) is 0. The predicted octanol–water partition coefficient (Wildman–Crippen LogP) is 2.85. The molecule has 2 amide bonds. The van der Waals surface area contributed by atoms with Gasteiger partial charge in [-0.3, -0.25) is 19.7 Å². The second kappa shape index (κ2) is 7.48. The summed E-state index contributed by atoms with van der Waals surface area (Å²) in [5.41, 5.74) is 3.45. The van der Waals surface area contributed by atoms with Gasteiger partial charge in [0.25, 0.3) is 11.6 Å². The van der Waals surface area contributed by atoms with Crippen molar-refractivity contribution in [3.8, 4) is 0 Å². The van der Waals surface area contributed by atoms with Gasteiger partial charge in [0.05, 0.1) is 23.1 Å². The first-order valence-electron chi connectivity index (χ1n) is 9.35. The van der Waals surface area contributed by atoms with Gasteiger partial charge < -0.3 is 10.3 Å². The van der Waals surface area contributed by atoms with Crippen molar-refractivity contribution in [2.45, 2.75) is 25.8 Å². The molecule has 1 atom stereocenters. The van der Waals surface area contributed by atoms with Crippen molar-refractivity contribution in [2.24, 2.45) is 0 Å². The number of imide groups is 1. The Morgan fingerprint density at radius 1 is 1.24 bits per heavy atom. The molecule has 0 spiro atoms. The lowest BCUT2D eigenvalue weighted by Gasteiger charge is -2.15. The van der Waals surface area contributed by atoms with Gasteiger partial charge in [-0.15, -0.1) is 0 Å². The monoisotopic (exact) mass is 392 g/mol. The van der Waals surface area contributed by atoms with Crippen LogP contribution in [0, 0.1) is 17.0 Å². The van der Waals surface area contributed by atoms with Crippen LogP contribution >= 0.6 is 0 Å². The summed E-state index contributed by atoms with van der Waals surface area (Å²) in [6.45, 7) is 2.58. The molecule has 8 nitrogen and oxygen atoms in total. The average Bonchev–Trinajstić information content (AvgIpc) is 3.22. The van der Waals surface area contributed by atoms with Gasteiger partial charge in [-0.1, -0.05) is 17.7 Å². The maximum Gasteiger partial charge on any atom is 0.271 e. The van der Waals surface area contributed by atoms with Crippen LogP contribution in [0.1, 0.15) is 17.5 Å². The number of rotatable bonds is 6. The fourth-order valence-electron chi connectivity index (χ4n) is 3.69. The Balaban J connectivity index is 1.43. The van der Waals surface area contributed by atoms with Gasteiger partial charge >= 0.3 is 0 Å². The first kappa shape index (κ1) is 18.8. The summed E-state index contributed by atoms with van der Waals surface area (Å²) < 4.78 is 0. The maximum atomic E-state index is 12.7. The molecule has 1 saturated heterocycles. The summed E-state index contributed by atoms with van der Waals surface area (Å²) in [6, 6.07) is 11.1. The van der Waals surface area contributed by atoms with Crippen LogP contribution in [-0.4, -0.2) is 34.3 Å². The van der Waals surface area contributed by atoms with Crippen molar-refractivity contribution in [2.75, 3.05) is 11.4 Å². The minimum Gasteiger partial charge on any atom is -0.361 e. The van der Waals surface area contributed by atoms with Crippen molar-refractivity contribution >= 4 is 34.1 Å². The third-order valence-corrected chi connectivity index (χ3v) is 5.15. The number of hydrogen-bond donors (Lipinski definition) is 2. The van der Waals surface area contributed by atoms with E-state index in [-0.39, 0.29) is 29.6 Å². The molecule has 0 bridgehead atoms. The van der Waals surface area contributed by atoms with Crippen molar-refractivity contribution in [1.29, 1.82) is 0 Å². The first-order chi connectivity index (χ1) is 13.9. The van der Waals surface area contributed by atoms with Crippen molar-refractivity contribution < 1.29 is 14.5 Å². The van der Waals surface area contributed by atoms with E-state index in [0.29, 0.717) is 13.0 Å². The van der Waals surface area contributed by atoms with Gasteiger partial charge in [0, 0.05) is 35.8 Å². The molecule has 2 N–H and O–H groups in total. The highest BCUT2D eigenvalue weighted by molar-refractivity contribution is 6.22. The van der Waals surface area contributed by atoms with Gasteiger partial charge in [0.2, 0.25) is 5.91 Å². The van der Waals surface area contributed by atoms with E-state index in [0.717, 1.165) is 21.4 Å². The van der Waals surface area contributed by atoms with Crippen LogP contribution in [0.15, 0.2) is 48.7 Å². The van der Waals surface area contributed by atoms with Gasteiger partial charge in [0.15, 0.2) is 0 Å². The third kappa shape index (κ3) is 3.62. The SMILES string of the molecule is Cc1ccc2[nH]cc(CCN[C@H]3CC(=O)N(c4cccc([N+](=O)[O-])c4)C3=O)c2c1. The Labute approximate surface area is 166 Å². The number of non-ortho nitro benzene ring substituents is 1. The zero-order chi connectivity index (χ0) is 20.5. The number of amides is 2. The van der Waals surface area contributed by atoms with Crippen molar-refractivity contribution in [1.82, 2.24) is 10.3 Å². The Morgan fingerprint density at radius 2 is 2.07 bits per heavy atom. The topological polar surface area (TPSA) is 108 Å². The standard InChI is InChI=1S/C21H20N4O4/c1-13-5-6-18-17(9-13)14(12-23-18)7-8-22-19-11-20(26)24(21(19)27)15-3-2-4-16(10-15)25(28)29/h2-6,9-10,12,19,22-23H,7-8,11H2,1H3/t19-/m0/s1. The van der Waals surface area contributed by atoms with E-state index in [2.05, 4.69) is 16.4 Å². The Hall–Kier alpha value is -3.52. The summed E-state index contributed by atoms with van der Waals surface area (Å²) in [5, 5.41) is 15.3. The smallest absolute Gasteiger partial charge is 0.271 e. The molecular formula is C21H20N4O4. The highest BCUT2D eigenvalue weighted by Gasteiger charge is 2.39. The normalized spacial score (nSPS) is 16.7. The minimum atomic E-state index is -0.631. The predicted molar refractivity (Wildman–Crippen MR) is 109 cm³/mol. The Bertz CT molecular complexity index is 1120. The van der Waals surface area contributed by atoms with Crippen molar-refractivity contribution in [3.05, 3.63) is 69.9 Å². The number of nitro benzene ring substituents is 1. The number of nitrogens with zero attached hydrogens (tertiary/aromatic N) is 2.